The summed E-state index contributed by atoms with van der Waals surface area (Å²) in [4.78, 5) is 6.55. The molecule has 0 aromatic carbocycles. The fourth-order valence-electron chi connectivity index (χ4n) is 2.39. The highest BCUT2D eigenvalue weighted by Crippen LogP contribution is 2.25. The zero-order valence-corrected chi connectivity index (χ0v) is 9.84. The number of aliphatic hydroxyl groups is 1. The van der Waals surface area contributed by atoms with Crippen LogP contribution >= 0.6 is 0 Å². The number of pyridine rings is 1. The van der Waals surface area contributed by atoms with Crippen molar-refractivity contribution in [3.8, 4) is 0 Å². The summed E-state index contributed by atoms with van der Waals surface area (Å²) in [6.07, 6.45) is 5.96. The Kier molecular flexibility index (Phi) is 3.78. The van der Waals surface area contributed by atoms with Crippen LogP contribution in [-0.4, -0.2) is 29.8 Å². The number of hydrogen-bond donors (Lipinski definition) is 1. The third kappa shape index (κ3) is 2.95. The summed E-state index contributed by atoms with van der Waals surface area (Å²) in [5.41, 5.74) is 0. The van der Waals surface area contributed by atoms with Crippen molar-refractivity contribution in [2.24, 2.45) is 5.92 Å². The monoisotopic (exact) mass is 220 g/mol. The van der Waals surface area contributed by atoms with E-state index >= 15 is 0 Å². The smallest absolute Gasteiger partial charge is 0.128 e. The molecule has 88 valence electrons. The third-order valence-electron chi connectivity index (χ3n) is 3.39. The summed E-state index contributed by atoms with van der Waals surface area (Å²) in [5.74, 6) is 1.74. The van der Waals surface area contributed by atoms with Gasteiger partial charge in [0.2, 0.25) is 0 Å². The molecule has 1 aliphatic rings. The van der Waals surface area contributed by atoms with Crippen molar-refractivity contribution >= 4 is 5.82 Å². The molecule has 2 rings (SSSR count). The standard InChI is InChI=1S/C13H20N2O/c1-15(13-4-2-3-9-14-13)10-11-5-7-12(16)8-6-11/h2-4,9,11-12,16H,5-8,10H2,1H3. The van der Waals surface area contributed by atoms with Crippen LogP contribution < -0.4 is 4.90 Å². The van der Waals surface area contributed by atoms with Crippen LogP contribution in [0.1, 0.15) is 25.7 Å². The highest BCUT2D eigenvalue weighted by molar-refractivity contribution is 5.36. The van der Waals surface area contributed by atoms with E-state index in [1.54, 1.807) is 0 Å². The van der Waals surface area contributed by atoms with E-state index in [1.807, 2.05) is 24.4 Å². The Bertz CT molecular complexity index is 307. The van der Waals surface area contributed by atoms with E-state index in [-0.39, 0.29) is 6.10 Å². The molecule has 0 saturated heterocycles. The first-order chi connectivity index (χ1) is 7.75. The van der Waals surface area contributed by atoms with Gasteiger partial charge in [0, 0.05) is 19.8 Å². The van der Waals surface area contributed by atoms with E-state index in [9.17, 15) is 5.11 Å². The third-order valence-corrected chi connectivity index (χ3v) is 3.39. The molecular weight excluding hydrogens is 200 g/mol. The minimum Gasteiger partial charge on any atom is -0.393 e. The zero-order chi connectivity index (χ0) is 11.4. The Balaban J connectivity index is 1.86. The van der Waals surface area contributed by atoms with Gasteiger partial charge in [-0.05, 0) is 43.7 Å². The zero-order valence-electron chi connectivity index (χ0n) is 9.84. The highest BCUT2D eigenvalue weighted by Gasteiger charge is 2.20. The molecule has 1 aromatic heterocycles. The van der Waals surface area contributed by atoms with Crippen molar-refractivity contribution < 1.29 is 5.11 Å². The summed E-state index contributed by atoms with van der Waals surface area (Å²) in [6.45, 7) is 1.05. The van der Waals surface area contributed by atoms with Crippen LogP contribution in [-0.2, 0) is 0 Å². The second-order valence-electron chi connectivity index (χ2n) is 4.74. The summed E-state index contributed by atoms with van der Waals surface area (Å²) in [7, 11) is 2.09. The maximum absolute atomic E-state index is 9.45. The number of anilines is 1. The second kappa shape index (κ2) is 5.30. The topological polar surface area (TPSA) is 36.4 Å². The molecule has 1 aliphatic carbocycles. The van der Waals surface area contributed by atoms with E-state index in [2.05, 4.69) is 16.9 Å². The second-order valence-corrected chi connectivity index (χ2v) is 4.74. The Morgan fingerprint density at radius 1 is 1.31 bits per heavy atom. The van der Waals surface area contributed by atoms with Crippen molar-refractivity contribution in [1.82, 2.24) is 4.98 Å². The van der Waals surface area contributed by atoms with Crippen LogP contribution in [0.25, 0.3) is 0 Å². The van der Waals surface area contributed by atoms with E-state index in [4.69, 9.17) is 0 Å². The van der Waals surface area contributed by atoms with Gasteiger partial charge in [0.15, 0.2) is 0 Å². The lowest BCUT2D eigenvalue weighted by atomic mass is 9.87. The van der Waals surface area contributed by atoms with Crippen LogP contribution in [0.2, 0.25) is 0 Å². The molecule has 1 saturated carbocycles. The predicted octanol–water partition coefficient (Wildman–Crippen LogP) is 2.07. The highest BCUT2D eigenvalue weighted by atomic mass is 16.3. The lowest BCUT2D eigenvalue weighted by Gasteiger charge is -2.29. The molecular formula is C13H20N2O. The van der Waals surface area contributed by atoms with Crippen molar-refractivity contribution in [1.29, 1.82) is 0 Å². The van der Waals surface area contributed by atoms with Crippen LogP contribution in [0.3, 0.4) is 0 Å². The molecule has 0 aliphatic heterocycles. The van der Waals surface area contributed by atoms with E-state index in [0.29, 0.717) is 5.92 Å². The molecule has 1 heterocycles. The van der Waals surface area contributed by atoms with Crippen LogP contribution in [0.4, 0.5) is 5.82 Å². The molecule has 0 bridgehead atoms. The van der Waals surface area contributed by atoms with Gasteiger partial charge in [0.1, 0.15) is 5.82 Å². The quantitative estimate of drug-likeness (QED) is 0.847. The van der Waals surface area contributed by atoms with Crippen molar-refractivity contribution in [3.63, 3.8) is 0 Å². The van der Waals surface area contributed by atoms with E-state index in [1.165, 1.54) is 0 Å². The fraction of sp³-hybridized carbons (Fsp3) is 0.615. The Morgan fingerprint density at radius 3 is 2.69 bits per heavy atom. The van der Waals surface area contributed by atoms with Gasteiger partial charge in [0.25, 0.3) is 0 Å². The summed E-state index contributed by atoms with van der Waals surface area (Å²) < 4.78 is 0. The molecule has 3 heteroatoms. The van der Waals surface area contributed by atoms with Gasteiger partial charge < -0.3 is 10.0 Å². The molecule has 1 N–H and O–H groups in total. The maximum atomic E-state index is 9.45. The lowest BCUT2D eigenvalue weighted by Crippen LogP contribution is -2.30. The SMILES string of the molecule is CN(CC1CCC(O)CC1)c1ccccn1. The minimum atomic E-state index is -0.0589. The Labute approximate surface area is 97.1 Å². The number of nitrogens with zero attached hydrogens (tertiary/aromatic N) is 2. The molecule has 0 spiro atoms. The molecule has 0 atom stereocenters. The molecule has 0 unspecified atom stereocenters. The number of aliphatic hydroxyl groups excluding tert-OH is 1. The van der Waals surface area contributed by atoms with Gasteiger partial charge in [0.05, 0.1) is 6.10 Å². The molecule has 3 nitrogen and oxygen atoms in total. The number of hydrogen-bond acceptors (Lipinski definition) is 3. The van der Waals surface area contributed by atoms with Gasteiger partial charge in [-0.2, -0.15) is 0 Å². The van der Waals surface area contributed by atoms with Crippen molar-refractivity contribution in [2.75, 3.05) is 18.5 Å². The fourth-order valence-corrected chi connectivity index (χ4v) is 2.39. The largest absolute Gasteiger partial charge is 0.393 e. The summed E-state index contributed by atoms with van der Waals surface area (Å²) >= 11 is 0. The van der Waals surface area contributed by atoms with E-state index in [0.717, 1.165) is 38.0 Å². The van der Waals surface area contributed by atoms with E-state index < -0.39 is 0 Å². The van der Waals surface area contributed by atoms with Gasteiger partial charge in [-0.15, -0.1) is 0 Å². The van der Waals surface area contributed by atoms with Gasteiger partial charge in [-0.3, -0.25) is 0 Å². The average Bonchev–Trinajstić information content (AvgIpc) is 2.33. The lowest BCUT2D eigenvalue weighted by molar-refractivity contribution is 0.110. The van der Waals surface area contributed by atoms with Crippen molar-refractivity contribution in [3.05, 3.63) is 24.4 Å². The summed E-state index contributed by atoms with van der Waals surface area (Å²) in [6, 6.07) is 6.00. The van der Waals surface area contributed by atoms with Gasteiger partial charge >= 0.3 is 0 Å². The predicted molar refractivity (Wildman–Crippen MR) is 65.5 cm³/mol. The van der Waals surface area contributed by atoms with Crippen LogP contribution in [0.15, 0.2) is 24.4 Å². The first-order valence-electron chi connectivity index (χ1n) is 6.06. The van der Waals surface area contributed by atoms with Gasteiger partial charge in [-0.1, -0.05) is 6.07 Å². The van der Waals surface area contributed by atoms with Crippen LogP contribution in [0, 0.1) is 5.92 Å². The average molecular weight is 220 g/mol. The van der Waals surface area contributed by atoms with Gasteiger partial charge in [-0.25, -0.2) is 4.98 Å². The first kappa shape index (κ1) is 11.4. The first-order valence-corrected chi connectivity index (χ1v) is 6.06. The molecule has 0 amide bonds. The minimum absolute atomic E-state index is 0.0589. The summed E-state index contributed by atoms with van der Waals surface area (Å²) in [5, 5.41) is 9.45. The number of rotatable bonds is 3. The Hall–Kier alpha value is -1.09. The van der Waals surface area contributed by atoms with Crippen LogP contribution in [0.5, 0.6) is 0 Å². The maximum Gasteiger partial charge on any atom is 0.128 e. The van der Waals surface area contributed by atoms with Crippen molar-refractivity contribution in [2.45, 2.75) is 31.8 Å². The normalized spacial score (nSPS) is 25.4. The molecule has 1 fully saturated rings. The molecule has 1 aromatic rings. The molecule has 0 radical (unpaired) electrons. The Morgan fingerprint density at radius 2 is 2.06 bits per heavy atom. The molecule has 16 heavy (non-hydrogen) atoms. The number of aromatic nitrogens is 1.